The van der Waals surface area contributed by atoms with Crippen molar-refractivity contribution in [3.8, 4) is 0 Å². The van der Waals surface area contributed by atoms with Crippen LogP contribution in [0.2, 0.25) is 0 Å². The molecule has 2 spiro atoms. The van der Waals surface area contributed by atoms with Crippen LogP contribution in [0.25, 0.3) is 0 Å². The molecule has 2 amide bonds. The molecule has 0 aromatic carbocycles. The molecule has 6 nitrogen and oxygen atoms in total. The third-order valence-electron chi connectivity index (χ3n) is 6.73. The molecule has 0 aromatic rings. The zero-order valence-corrected chi connectivity index (χ0v) is 14.3. The number of rotatable bonds is 2. The lowest BCUT2D eigenvalue weighted by atomic mass is 9.54. The summed E-state index contributed by atoms with van der Waals surface area (Å²) in [4.78, 5) is 25.6. The van der Waals surface area contributed by atoms with E-state index < -0.39 is 20.5 Å². The third-order valence-corrected chi connectivity index (χ3v) is 9.28. The number of likely N-dealkylation sites (tertiary alicyclic amines) is 1. The molecule has 2 saturated heterocycles. The zero-order chi connectivity index (χ0) is 16.5. The molecule has 4 fully saturated rings. The Morgan fingerprint density at radius 2 is 1.83 bits per heavy atom. The average molecular weight is 340 g/mol. The van der Waals surface area contributed by atoms with Gasteiger partial charge in [0.2, 0.25) is 11.8 Å². The van der Waals surface area contributed by atoms with Crippen LogP contribution in [-0.2, 0) is 19.4 Å². The van der Waals surface area contributed by atoms with E-state index in [1.165, 1.54) is 31.1 Å². The summed E-state index contributed by atoms with van der Waals surface area (Å²) in [7, 11) is -3.31. The molecular formula is C16H24N2O4S. The van der Waals surface area contributed by atoms with E-state index in [4.69, 9.17) is 0 Å². The van der Waals surface area contributed by atoms with Gasteiger partial charge in [0, 0.05) is 26.1 Å². The average Bonchev–Trinajstić information content (AvgIpc) is 2.59. The van der Waals surface area contributed by atoms with E-state index in [2.05, 4.69) is 5.32 Å². The molecule has 7 heteroatoms. The predicted octanol–water partition coefficient (Wildman–Crippen LogP) is 0.471. The van der Waals surface area contributed by atoms with Crippen molar-refractivity contribution < 1.29 is 18.0 Å². The number of carbonyl (C=O) groups is 2. The Kier molecular flexibility index (Phi) is 3.16. The third kappa shape index (κ3) is 2.08. The minimum atomic E-state index is -3.31. The van der Waals surface area contributed by atoms with E-state index in [0.29, 0.717) is 11.8 Å². The van der Waals surface area contributed by atoms with Gasteiger partial charge < -0.3 is 10.2 Å². The van der Waals surface area contributed by atoms with Crippen molar-refractivity contribution in [3.63, 3.8) is 0 Å². The Balaban J connectivity index is 1.43. The fraction of sp³-hybridized carbons (Fsp3) is 0.875. The maximum atomic E-state index is 12.7. The van der Waals surface area contributed by atoms with Crippen molar-refractivity contribution >= 4 is 21.7 Å². The van der Waals surface area contributed by atoms with Crippen LogP contribution < -0.4 is 5.32 Å². The summed E-state index contributed by atoms with van der Waals surface area (Å²) in [6.07, 6.45) is 6.32. The molecule has 2 aliphatic carbocycles. The van der Waals surface area contributed by atoms with Gasteiger partial charge in [0.25, 0.3) is 0 Å². The number of sulfone groups is 1. The molecule has 0 aromatic heterocycles. The number of amides is 2. The van der Waals surface area contributed by atoms with Crippen LogP contribution >= 0.6 is 0 Å². The van der Waals surface area contributed by atoms with Gasteiger partial charge >= 0.3 is 0 Å². The van der Waals surface area contributed by atoms with E-state index in [9.17, 15) is 18.0 Å². The van der Waals surface area contributed by atoms with Gasteiger partial charge in [-0.1, -0.05) is 6.42 Å². The normalized spacial score (nSPS) is 32.9. The highest BCUT2D eigenvalue weighted by Gasteiger charge is 2.64. The first-order chi connectivity index (χ1) is 10.8. The summed E-state index contributed by atoms with van der Waals surface area (Å²) in [6, 6.07) is 0.215. The first-order valence-corrected chi connectivity index (χ1v) is 10.2. The molecule has 2 heterocycles. The lowest BCUT2D eigenvalue weighted by Gasteiger charge is -2.55. The molecule has 0 radical (unpaired) electrons. The highest BCUT2D eigenvalue weighted by molar-refractivity contribution is 7.93. The van der Waals surface area contributed by atoms with E-state index >= 15 is 0 Å². The van der Waals surface area contributed by atoms with Gasteiger partial charge in [-0.15, -0.1) is 0 Å². The van der Waals surface area contributed by atoms with Crippen LogP contribution in [0.1, 0.15) is 45.4 Å². The molecule has 23 heavy (non-hydrogen) atoms. The number of hydrogen-bond donors (Lipinski definition) is 1. The second-order valence-corrected chi connectivity index (χ2v) is 10.5. The van der Waals surface area contributed by atoms with Crippen molar-refractivity contribution in [2.45, 2.75) is 56.2 Å². The summed E-state index contributed by atoms with van der Waals surface area (Å²) in [5.41, 5.74) is 0.485. The summed E-state index contributed by atoms with van der Waals surface area (Å²) < 4.78 is 23.9. The van der Waals surface area contributed by atoms with Crippen LogP contribution in [0.3, 0.4) is 0 Å². The molecule has 1 unspecified atom stereocenters. The molecule has 1 atom stereocenters. The topological polar surface area (TPSA) is 83.6 Å². The molecule has 1 N–H and O–H groups in total. The van der Waals surface area contributed by atoms with Crippen LogP contribution in [0.5, 0.6) is 0 Å². The van der Waals surface area contributed by atoms with Crippen molar-refractivity contribution in [2.24, 2.45) is 11.3 Å². The van der Waals surface area contributed by atoms with E-state index in [1.807, 2.05) is 0 Å². The predicted molar refractivity (Wildman–Crippen MR) is 84.3 cm³/mol. The van der Waals surface area contributed by atoms with Gasteiger partial charge in [-0.2, -0.15) is 0 Å². The molecule has 2 saturated carbocycles. The van der Waals surface area contributed by atoms with Gasteiger partial charge in [0.1, 0.15) is 4.75 Å². The molecular weight excluding hydrogens is 316 g/mol. The van der Waals surface area contributed by atoms with E-state index in [1.54, 1.807) is 0 Å². The van der Waals surface area contributed by atoms with Crippen molar-refractivity contribution in [1.82, 2.24) is 10.2 Å². The van der Waals surface area contributed by atoms with Crippen LogP contribution in [0, 0.1) is 11.3 Å². The minimum absolute atomic E-state index is 0.0609. The Morgan fingerprint density at radius 3 is 2.35 bits per heavy atom. The first-order valence-electron chi connectivity index (χ1n) is 8.55. The summed E-state index contributed by atoms with van der Waals surface area (Å²) in [6.45, 7) is 1.80. The first kappa shape index (κ1) is 15.4. The Bertz CT molecular complexity index is 654. The van der Waals surface area contributed by atoms with E-state index in [0.717, 1.165) is 12.8 Å². The minimum Gasteiger partial charge on any atom is -0.353 e. The lowest BCUT2D eigenvalue weighted by molar-refractivity contribution is -0.139. The van der Waals surface area contributed by atoms with E-state index in [-0.39, 0.29) is 36.7 Å². The number of carbonyl (C=O) groups excluding carboxylic acids is 2. The number of hydrogen-bond acceptors (Lipinski definition) is 4. The maximum Gasteiger partial charge on any atom is 0.225 e. The standard InChI is InChI=1S/C16H24N2O4S/c1-11(19)18-9-16(10-18)13(3-6-23(16,21)22)14(20)17-12-7-15(8-12)4-2-5-15/h12-13H,2-10H2,1H3,(H,17,20). The maximum absolute atomic E-state index is 12.7. The smallest absolute Gasteiger partial charge is 0.225 e. The molecule has 4 aliphatic rings. The van der Waals surface area contributed by atoms with Gasteiger partial charge in [-0.3, -0.25) is 9.59 Å². The fourth-order valence-corrected chi connectivity index (χ4v) is 7.36. The van der Waals surface area contributed by atoms with Gasteiger partial charge in [-0.05, 0) is 37.5 Å². The Labute approximate surface area is 136 Å². The molecule has 128 valence electrons. The highest BCUT2D eigenvalue weighted by Crippen LogP contribution is 2.56. The quantitative estimate of drug-likeness (QED) is 0.792. The Morgan fingerprint density at radius 1 is 1.17 bits per heavy atom. The van der Waals surface area contributed by atoms with Crippen molar-refractivity contribution in [3.05, 3.63) is 0 Å². The number of nitrogens with zero attached hydrogens (tertiary/aromatic N) is 1. The van der Waals surface area contributed by atoms with Crippen molar-refractivity contribution in [2.75, 3.05) is 18.8 Å². The zero-order valence-electron chi connectivity index (χ0n) is 13.5. The second-order valence-electron chi connectivity index (χ2n) is 8.07. The fourth-order valence-electron chi connectivity index (χ4n) is 5.04. The number of nitrogens with one attached hydrogen (secondary N) is 1. The van der Waals surface area contributed by atoms with Gasteiger partial charge in [0.05, 0.1) is 11.7 Å². The van der Waals surface area contributed by atoms with Crippen LogP contribution in [0.15, 0.2) is 0 Å². The highest BCUT2D eigenvalue weighted by atomic mass is 32.2. The summed E-state index contributed by atoms with van der Waals surface area (Å²) in [5.74, 6) is -0.678. The largest absolute Gasteiger partial charge is 0.353 e. The summed E-state index contributed by atoms with van der Waals surface area (Å²) >= 11 is 0. The summed E-state index contributed by atoms with van der Waals surface area (Å²) in [5, 5.41) is 3.08. The van der Waals surface area contributed by atoms with Crippen molar-refractivity contribution in [1.29, 1.82) is 0 Å². The van der Waals surface area contributed by atoms with Gasteiger partial charge in [0.15, 0.2) is 9.84 Å². The monoisotopic (exact) mass is 340 g/mol. The van der Waals surface area contributed by atoms with Gasteiger partial charge in [-0.25, -0.2) is 8.42 Å². The van der Waals surface area contributed by atoms with Crippen LogP contribution in [-0.4, -0.2) is 54.8 Å². The molecule has 2 aliphatic heterocycles. The second kappa shape index (κ2) is 4.71. The molecule has 0 bridgehead atoms. The Hall–Kier alpha value is -1.11. The lowest BCUT2D eigenvalue weighted by Crippen LogP contribution is -2.70. The molecule has 4 rings (SSSR count). The van der Waals surface area contributed by atoms with Crippen LogP contribution in [0.4, 0.5) is 0 Å². The SMILES string of the molecule is CC(=O)N1CC2(C1)C(C(=O)NC1CC3(CCC3)C1)CCS2(=O)=O.